The van der Waals surface area contributed by atoms with E-state index < -0.39 is 0 Å². The van der Waals surface area contributed by atoms with Crippen molar-refractivity contribution < 1.29 is 5.11 Å². The maximum atomic E-state index is 9.73. The van der Waals surface area contributed by atoms with Gasteiger partial charge in [0.25, 0.3) is 0 Å². The van der Waals surface area contributed by atoms with Crippen LogP contribution in [0.15, 0.2) is 79.1 Å². The summed E-state index contributed by atoms with van der Waals surface area (Å²) in [6.07, 6.45) is 3.63. The Hall–Kier alpha value is -3.71. The second kappa shape index (κ2) is 8.67. The third-order valence-corrected chi connectivity index (χ3v) is 6.51. The van der Waals surface area contributed by atoms with Gasteiger partial charge in [0.1, 0.15) is 5.75 Å². The number of nitrogens with one attached hydrogen (secondary N) is 1. The summed E-state index contributed by atoms with van der Waals surface area (Å²) in [5.41, 5.74) is 6.33. The Kier molecular flexibility index (Phi) is 5.56. The van der Waals surface area contributed by atoms with E-state index >= 15 is 0 Å². The molecule has 0 aliphatic carbocycles. The maximum Gasteiger partial charge on any atom is 0.170 e. The molecule has 0 spiro atoms. The van der Waals surface area contributed by atoms with E-state index in [4.69, 9.17) is 12.2 Å². The smallest absolute Gasteiger partial charge is 0.170 e. The van der Waals surface area contributed by atoms with Crippen LogP contribution in [0, 0.1) is 13.8 Å². The number of thiocarbonyl (C=S) groups is 1. The number of phenols is 1. The van der Waals surface area contributed by atoms with Crippen molar-refractivity contribution in [2.24, 2.45) is 0 Å². The molecule has 1 aliphatic rings. The third kappa shape index (κ3) is 3.96. The predicted octanol–water partition coefficient (Wildman–Crippen LogP) is 4.76. The lowest BCUT2D eigenvalue weighted by Gasteiger charge is -2.28. The Balaban J connectivity index is 1.61. The summed E-state index contributed by atoms with van der Waals surface area (Å²) in [5, 5.41) is 13.9. The number of pyridine rings is 2. The average Bonchev–Trinajstić information content (AvgIpc) is 3.31. The molecule has 4 aromatic rings. The average molecular weight is 456 g/mol. The van der Waals surface area contributed by atoms with Gasteiger partial charge in [-0.3, -0.25) is 9.97 Å². The largest absolute Gasteiger partial charge is 0.508 e. The van der Waals surface area contributed by atoms with Crippen LogP contribution in [0.4, 0.5) is 0 Å². The molecule has 2 N–H and O–H groups in total. The predicted molar refractivity (Wildman–Crippen MR) is 132 cm³/mol. The van der Waals surface area contributed by atoms with Crippen molar-refractivity contribution in [3.05, 3.63) is 107 Å². The number of rotatable bonds is 5. The van der Waals surface area contributed by atoms with E-state index in [1.54, 1.807) is 12.1 Å². The van der Waals surface area contributed by atoms with Crippen molar-refractivity contribution in [3.63, 3.8) is 0 Å². The van der Waals surface area contributed by atoms with Gasteiger partial charge in [-0.15, -0.1) is 0 Å². The van der Waals surface area contributed by atoms with Gasteiger partial charge in [-0.25, -0.2) is 0 Å². The Bertz CT molecular complexity index is 1270. The molecule has 5 rings (SSSR count). The Morgan fingerprint density at radius 1 is 0.970 bits per heavy atom. The first-order valence-corrected chi connectivity index (χ1v) is 11.3. The van der Waals surface area contributed by atoms with Crippen molar-refractivity contribution in [2.45, 2.75) is 32.5 Å². The molecule has 3 aromatic heterocycles. The van der Waals surface area contributed by atoms with E-state index in [9.17, 15) is 5.11 Å². The van der Waals surface area contributed by atoms with Crippen molar-refractivity contribution in [1.29, 1.82) is 0 Å². The summed E-state index contributed by atoms with van der Waals surface area (Å²) in [5.74, 6) is 0.253. The van der Waals surface area contributed by atoms with Crippen LogP contribution in [-0.2, 0) is 6.54 Å². The molecule has 1 aliphatic heterocycles. The molecule has 33 heavy (non-hydrogen) atoms. The normalized spacial score (nSPS) is 17.9. The Labute approximate surface area is 198 Å². The lowest BCUT2D eigenvalue weighted by molar-refractivity contribution is 0.307. The van der Waals surface area contributed by atoms with Crippen molar-refractivity contribution >= 4 is 17.3 Å². The fourth-order valence-corrected chi connectivity index (χ4v) is 4.97. The highest BCUT2D eigenvalue weighted by molar-refractivity contribution is 7.80. The Morgan fingerprint density at radius 2 is 1.70 bits per heavy atom. The van der Waals surface area contributed by atoms with E-state index in [0.717, 1.165) is 28.5 Å². The van der Waals surface area contributed by atoms with Gasteiger partial charge in [0, 0.05) is 29.5 Å². The Morgan fingerprint density at radius 3 is 2.36 bits per heavy atom. The molecule has 166 valence electrons. The number of hydrogen-bond donors (Lipinski definition) is 2. The van der Waals surface area contributed by atoms with Gasteiger partial charge in [0.2, 0.25) is 0 Å². The van der Waals surface area contributed by atoms with E-state index in [2.05, 4.69) is 44.7 Å². The quantitative estimate of drug-likeness (QED) is 0.423. The van der Waals surface area contributed by atoms with Crippen LogP contribution < -0.4 is 5.32 Å². The first-order chi connectivity index (χ1) is 16.0. The van der Waals surface area contributed by atoms with E-state index in [-0.39, 0.29) is 17.8 Å². The molecule has 0 saturated carbocycles. The zero-order chi connectivity index (χ0) is 22.9. The summed E-state index contributed by atoms with van der Waals surface area (Å²) < 4.78 is 2.21. The van der Waals surface area contributed by atoms with Gasteiger partial charge < -0.3 is 19.9 Å². The molecule has 0 bridgehead atoms. The fourth-order valence-electron chi connectivity index (χ4n) is 4.67. The highest BCUT2D eigenvalue weighted by atomic mass is 32.1. The molecular weight excluding hydrogens is 430 g/mol. The molecule has 2 atom stereocenters. The fraction of sp³-hybridized carbons (Fsp3) is 0.192. The summed E-state index contributed by atoms with van der Waals surface area (Å²) in [7, 11) is 0. The van der Waals surface area contributed by atoms with Crippen molar-refractivity contribution in [1.82, 2.24) is 24.8 Å². The van der Waals surface area contributed by atoms with Crippen LogP contribution in [0.25, 0.3) is 5.69 Å². The summed E-state index contributed by atoms with van der Waals surface area (Å²) in [4.78, 5) is 11.4. The van der Waals surface area contributed by atoms with Crippen molar-refractivity contribution in [3.8, 4) is 11.4 Å². The van der Waals surface area contributed by atoms with Crippen molar-refractivity contribution in [2.75, 3.05) is 0 Å². The third-order valence-electron chi connectivity index (χ3n) is 6.15. The highest BCUT2D eigenvalue weighted by Gasteiger charge is 2.41. The van der Waals surface area contributed by atoms with Crippen LogP contribution in [0.2, 0.25) is 0 Å². The number of hydrogen-bond acceptors (Lipinski definition) is 4. The zero-order valence-electron chi connectivity index (χ0n) is 18.5. The first-order valence-electron chi connectivity index (χ1n) is 10.9. The first kappa shape index (κ1) is 21.2. The van der Waals surface area contributed by atoms with Crippen LogP contribution >= 0.6 is 12.2 Å². The van der Waals surface area contributed by atoms with Crippen LogP contribution in [-0.4, -0.2) is 29.7 Å². The number of aromatic hydroxyl groups is 1. The molecule has 0 amide bonds. The van der Waals surface area contributed by atoms with Gasteiger partial charge in [-0.2, -0.15) is 0 Å². The second-order valence-electron chi connectivity index (χ2n) is 8.25. The molecule has 6 nitrogen and oxygen atoms in total. The van der Waals surface area contributed by atoms with Gasteiger partial charge in [-0.05, 0) is 86.2 Å². The zero-order valence-corrected chi connectivity index (χ0v) is 19.3. The van der Waals surface area contributed by atoms with Crippen LogP contribution in [0.3, 0.4) is 0 Å². The van der Waals surface area contributed by atoms with Gasteiger partial charge >= 0.3 is 0 Å². The number of nitrogens with zero attached hydrogens (tertiary/aromatic N) is 4. The maximum absolute atomic E-state index is 9.73. The number of phenolic OH excluding ortho intramolecular Hbond substituents is 1. The van der Waals surface area contributed by atoms with Gasteiger partial charge in [0.15, 0.2) is 5.11 Å². The lowest BCUT2D eigenvalue weighted by atomic mass is 9.96. The van der Waals surface area contributed by atoms with E-state index in [1.807, 2.05) is 60.9 Å². The summed E-state index contributed by atoms with van der Waals surface area (Å²) in [6.45, 7) is 4.83. The number of benzene rings is 1. The molecule has 1 aromatic carbocycles. The minimum atomic E-state index is -0.0869. The number of aromatic nitrogens is 3. The summed E-state index contributed by atoms with van der Waals surface area (Å²) >= 11 is 5.81. The highest BCUT2D eigenvalue weighted by Crippen LogP contribution is 2.42. The standard InChI is InChI=1S/C26H25N5OS/c1-17-15-22(18(2)31(17)20-9-11-21(32)12-10-20)25-24(23-8-4-6-14-28-23)29-26(33)30(25)16-19-7-3-5-13-27-19/h3-15,24-25,32H,16H2,1-2H3,(H,29,33)/t24-,25+/m0/s1. The van der Waals surface area contributed by atoms with Gasteiger partial charge in [0.05, 0.1) is 30.0 Å². The lowest BCUT2D eigenvalue weighted by Crippen LogP contribution is -2.29. The molecule has 0 unspecified atom stereocenters. The SMILES string of the molecule is Cc1cc([C@@H]2[C@H](c3ccccn3)NC(=S)N2Cc2ccccn2)c(C)n1-c1ccc(O)cc1. The molecule has 7 heteroatoms. The molecule has 0 radical (unpaired) electrons. The monoisotopic (exact) mass is 455 g/mol. The van der Waals surface area contributed by atoms with E-state index in [0.29, 0.717) is 11.7 Å². The molecule has 1 saturated heterocycles. The van der Waals surface area contributed by atoms with E-state index in [1.165, 1.54) is 5.56 Å². The second-order valence-corrected chi connectivity index (χ2v) is 8.64. The van der Waals surface area contributed by atoms with Gasteiger partial charge in [-0.1, -0.05) is 12.1 Å². The summed E-state index contributed by atoms with van der Waals surface area (Å²) in [6, 6.07) is 21.3. The molecular formula is C26H25N5OS. The topological polar surface area (TPSA) is 66.2 Å². The molecule has 4 heterocycles. The minimum Gasteiger partial charge on any atom is -0.508 e. The van der Waals surface area contributed by atoms with Crippen LogP contribution in [0.5, 0.6) is 5.75 Å². The van der Waals surface area contributed by atoms with Crippen LogP contribution in [0.1, 0.15) is 40.4 Å². The number of aryl methyl sites for hydroxylation is 1. The molecule has 1 fully saturated rings. The minimum absolute atomic E-state index is 0.0496.